The summed E-state index contributed by atoms with van der Waals surface area (Å²) >= 11 is 0. The van der Waals surface area contributed by atoms with Crippen LogP contribution in [-0.2, 0) is 20.7 Å². The molecule has 1 aliphatic rings. The SMILES string of the molecule is CCOC(=O)CCCCCc1nc(-c2ncc(NC(=O)Nc3cnc4ccnn4c3C3CCCO3)cc2C)no1. The highest BCUT2D eigenvalue weighted by molar-refractivity contribution is 6.00. The van der Waals surface area contributed by atoms with Crippen LogP contribution in [0.15, 0.2) is 35.2 Å². The van der Waals surface area contributed by atoms with Gasteiger partial charge in [-0.25, -0.2) is 14.3 Å². The summed E-state index contributed by atoms with van der Waals surface area (Å²) in [5.74, 6) is 0.726. The lowest BCUT2D eigenvalue weighted by Crippen LogP contribution is -2.22. The molecule has 0 aliphatic carbocycles. The Morgan fingerprint density at radius 2 is 2.08 bits per heavy atom. The molecule has 40 heavy (non-hydrogen) atoms. The molecule has 210 valence electrons. The number of carbonyl (C=O) groups is 2. The third-order valence-corrected chi connectivity index (χ3v) is 6.53. The summed E-state index contributed by atoms with van der Waals surface area (Å²) in [6.07, 6.45) is 9.91. The average Bonchev–Trinajstić information content (AvgIpc) is 3.71. The summed E-state index contributed by atoms with van der Waals surface area (Å²) in [6.45, 7) is 4.73. The quantitative estimate of drug-likeness (QED) is 0.200. The fraction of sp³-hybridized carbons (Fsp3) is 0.444. The van der Waals surface area contributed by atoms with Crippen molar-refractivity contribution in [1.29, 1.82) is 0 Å². The van der Waals surface area contributed by atoms with Crippen LogP contribution in [0.3, 0.4) is 0 Å². The number of urea groups is 1. The number of rotatable bonds is 11. The van der Waals surface area contributed by atoms with Crippen LogP contribution in [0.25, 0.3) is 17.2 Å². The van der Waals surface area contributed by atoms with Gasteiger partial charge in [-0.1, -0.05) is 11.6 Å². The van der Waals surface area contributed by atoms with Crippen LogP contribution in [0.4, 0.5) is 16.2 Å². The molecule has 5 heterocycles. The molecule has 0 bridgehead atoms. The molecule has 1 aliphatic heterocycles. The zero-order valence-electron chi connectivity index (χ0n) is 22.6. The second-order valence-corrected chi connectivity index (χ2v) is 9.51. The van der Waals surface area contributed by atoms with Gasteiger partial charge in [-0.15, -0.1) is 0 Å². The molecule has 4 aromatic rings. The van der Waals surface area contributed by atoms with Gasteiger partial charge in [-0.2, -0.15) is 10.1 Å². The van der Waals surface area contributed by atoms with E-state index in [1.54, 1.807) is 42.2 Å². The number of nitrogens with one attached hydrogen (secondary N) is 2. The van der Waals surface area contributed by atoms with E-state index in [1.807, 2.05) is 6.92 Å². The Morgan fingerprint density at radius 3 is 2.88 bits per heavy atom. The maximum atomic E-state index is 12.9. The molecule has 0 radical (unpaired) electrons. The first-order valence-corrected chi connectivity index (χ1v) is 13.5. The van der Waals surface area contributed by atoms with Gasteiger partial charge in [0.25, 0.3) is 0 Å². The number of carbonyl (C=O) groups excluding carboxylic acids is 2. The zero-order chi connectivity index (χ0) is 27.9. The smallest absolute Gasteiger partial charge is 0.323 e. The van der Waals surface area contributed by atoms with Crippen molar-refractivity contribution in [3.8, 4) is 11.5 Å². The van der Waals surface area contributed by atoms with Gasteiger partial charge >= 0.3 is 12.0 Å². The van der Waals surface area contributed by atoms with E-state index in [4.69, 9.17) is 14.0 Å². The van der Waals surface area contributed by atoms with Crippen molar-refractivity contribution in [3.05, 3.63) is 47.9 Å². The number of aromatic nitrogens is 6. The van der Waals surface area contributed by atoms with Gasteiger partial charge < -0.3 is 24.6 Å². The Balaban J connectivity index is 1.18. The van der Waals surface area contributed by atoms with Crippen LogP contribution in [0.1, 0.15) is 68.7 Å². The van der Waals surface area contributed by atoms with E-state index in [0.29, 0.717) is 60.5 Å². The molecule has 1 fully saturated rings. The standard InChI is InChI=1S/C27H32N8O5/c1-3-38-23(36)10-6-4-5-9-22-33-26(34-40-22)24-17(2)14-18(15-29-24)31-27(37)32-19-16-28-21-11-12-30-35(21)25(19)20-8-7-13-39-20/h11-12,14-16,20H,3-10,13H2,1-2H3,(H2,31,32,37). The van der Waals surface area contributed by atoms with Crippen LogP contribution in [0, 0.1) is 6.92 Å². The zero-order valence-corrected chi connectivity index (χ0v) is 22.6. The van der Waals surface area contributed by atoms with Crippen molar-refractivity contribution in [1.82, 2.24) is 29.7 Å². The number of aryl methyl sites for hydroxylation is 2. The summed E-state index contributed by atoms with van der Waals surface area (Å²) in [4.78, 5) is 37.6. The third-order valence-electron chi connectivity index (χ3n) is 6.53. The number of esters is 1. The Bertz CT molecular complexity index is 1480. The largest absolute Gasteiger partial charge is 0.466 e. The van der Waals surface area contributed by atoms with Crippen LogP contribution >= 0.6 is 0 Å². The van der Waals surface area contributed by atoms with Crippen LogP contribution in [0.2, 0.25) is 0 Å². The van der Waals surface area contributed by atoms with Crippen molar-refractivity contribution in [2.24, 2.45) is 0 Å². The molecule has 0 spiro atoms. The highest BCUT2D eigenvalue weighted by atomic mass is 16.5. The number of nitrogens with zero attached hydrogens (tertiary/aromatic N) is 6. The normalized spacial score (nSPS) is 14.9. The first-order valence-electron chi connectivity index (χ1n) is 13.5. The number of hydrogen-bond acceptors (Lipinski definition) is 10. The van der Waals surface area contributed by atoms with Gasteiger partial charge in [0.05, 0.1) is 42.3 Å². The first-order chi connectivity index (χ1) is 19.5. The summed E-state index contributed by atoms with van der Waals surface area (Å²) < 4.78 is 17.9. The number of amides is 2. The maximum absolute atomic E-state index is 12.9. The molecular formula is C27H32N8O5. The Labute approximate surface area is 230 Å². The topological polar surface area (TPSA) is 159 Å². The van der Waals surface area contributed by atoms with Gasteiger partial charge in [-0.3, -0.25) is 9.78 Å². The molecule has 13 nitrogen and oxygen atoms in total. The number of unbranched alkanes of at least 4 members (excludes halogenated alkanes) is 2. The minimum Gasteiger partial charge on any atom is -0.466 e. The van der Waals surface area contributed by atoms with Gasteiger partial charge in [0, 0.05) is 25.5 Å². The second-order valence-electron chi connectivity index (χ2n) is 9.51. The van der Waals surface area contributed by atoms with Crippen molar-refractivity contribution in [3.63, 3.8) is 0 Å². The Morgan fingerprint density at radius 1 is 1.18 bits per heavy atom. The molecule has 2 amide bonds. The first kappa shape index (κ1) is 27.2. The third kappa shape index (κ3) is 6.42. The minimum absolute atomic E-state index is 0.171. The van der Waals surface area contributed by atoms with E-state index >= 15 is 0 Å². The Hall–Kier alpha value is -4.39. The summed E-state index contributed by atoms with van der Waals surface area (Å²) in [5.41, 5.74) is 3.83. The van der Waals surface area contributed by atoms with Gasteiger partial charge in [-0.05, 0) is 51.2 Å². The van der Waals surface area contributed by atoms with Gasteiger partial charge in [0.1, 0.15) is 11.8 Å². The molecule has 5 rings (SSSR count). The monoisotopic (exact) mass is 548 g/mol. The van der Waals surface area contributed by atoms with Crippen LogP contribution in [0.5, 0.6) is 0 Å². The predicted molar refractivity (Wildman–Crippen MR) is 145 cm³/mol. The van der Waals surface area contributed by atoms with E-state index in [1.165, 1.54) is 0 Å². The number of fused-ring (bicyclic) bond motifs is 1. The molecule has 1 saturated heterocycles. The van der Waals surface area contributed by atoms with E-state index in [9.17, 15) is 9.59 Å². The molecular weight excluding hydrogens is 516 g/mol. The van der Waals surface area contributed by atoms with Crippen molar-refractivity contribution >= 4 is 29.0 Å². The number of anilines is 2. The highest BCUT2D eigenvalue weighted by Crippen LogP contribution is 2.33. The van der Waals surface area contributed by atoms with Crippen LogP contribution in [-0.4, -0.2) is 54.9 Å². The van der Waals surface area contributed by atoms with Crippen molar-refractivity contribution < 1.29 is 23.6 Å². The maximum Gasteiger partial charge on any atom is 0.323 e. The summed E-state index contributed by atoms with van der Waals surface area (Å²) in [5, 5.41) is 14.1. The van der Waals surface area contributed by atoms with E-state index < -0.39 is 6.03 Å². The number of hydrogen-bond donors (Lipinski definition) is 2. The van der Waals surface area contributed by atoms with E-state index in [0.717, 1.165) is 43.4 Å². The van der Waals surface area contributed by atoms with Gasteiger partial charge in [0.2, 0.25) is 11.7 Å². The molecule has 13 heteroatoms. The summed E-state index contributed by atoms with van der Waals surface area (Å²) in [7, 11) is 0. The summed E-state index contributed by atoms with van der Waals surface area (Å²) in [6, 6.07) is 3.16. The van der Waals surface area contributed by atoms with E-state index in [-0.39, 0.29) is 12.1 Å². The second kappa shape index (κ2) is 12.6. The molecule has 0 aromatic carbocycles. The minimum atomic E-state index is -0.439. The highest BCUT2D eigenvalue weighted by Gasteiger charge is 2.25. The van der Waals surface area contributed by atoms with Gasteiger partial charge in [0.15, 0.2) is 5.65 Å². The fourth-order valence-electron chi connectivity index (χ4n) is 4.66. The number of ether oxygens (including phenoxy) is 2. The lowest BCUT2D eigenvalue weighted by molar-refractivity contribution is -0.143. The average molecular weight is 549 g/mol. The molecule has 4 aromatic heterocycles. The van der Waals surface area contributed by atoms with Crippen molar-refractivity contribution in [2.75, 3.05) is 23.8 Å². The lowest BCUT2D eigenvalue weighted by Gasteiger charge is -2.17. The van der Waals surface area contributed by atoms with E-state index in [2.05, 4.69) is 35.8 Å². The van der Waals surface area contributed by atoms with Crippen molar-refractivity contribution in [2.45, 2.75) is 64.9 Å². The molecule has 2 N–H and O–H groups in total. The lowest BCUT2D eigenvalue weighted by atomic mass is 10.1. The molecule has 1 unspecified atom stereocenters. The fourth-order valence-corrected chi connectivity index (χ4v) is 4.66. The molecule has 0 saturated carbocycles. The number of pyridine rings is 1. The molecule has 1 atom stereocenters. The van der Waals surface area contributed by atoms with Crippen LogP contribution < -0.4 is 10.6 Å². The Kier molecular flexibility index (Phi) is 8.59. The predicted octanol–water partition coefficient (Wildman–Crippen LogP) is 4.64.